The number of aromatic nitrogens is 2. The summed E-state index contributed by atoms with van der Waals surface area (Å²) in [6.07, 6.45) is 3.27. The molecule has 0 fully saturated rings. The van der Waals surface area contributed by atoms with Gasteiger partial charge in [0.25, 0.3) is 5.91 Å². The Morgan fingerprint density at radius 3 is 2.48 bits per heavy atom. The third-order valence-corrected chi connectivity index (χ3v) is 6.36. The molecular weight excluding hydrogens is 382 g/mol. The van der Waals surface area contributed by atoms with E-state index >= 15 is 0 Å². The molecule has 0 atom stereocenters. The zero-order valence-electron chi connectivity index (χ0n) is 14.5. The molecule has 0 unspecified atom stereocenters. The van der Waals surface area contributed by atoms with E-state index in [4.69, 9.17) is 0 Å². The second-order valence-corrected chi connectivity index (χ2v) is 8.79. The van der Waals surface area contributed by atoms with Crippen LogP contribution in [0.2, 0.25) is 0 Å². The first-order chi connectivity index (χ1) is 13.0. The molecule has 2 heterocycles. The smallest absolute Gasteiger partial charge is 0.256 e. The molecule has 0 bridgehead atoms. The highest BCUT2D eigenvalue weighted by Crippen LogP contribution is 2.26. The van der Waals surface area contributed by atoms with Gasteiger partial charge < -0.3 is 5.32 Å². The van der Waals surface area contributed by atoms with Crippen LogP contribution in [0.4, 0.5) is 5.69 Å². The lowest BCUT2D eigenvalue weighted by Crippen LogP contribution is -2.17. The van der Waals surface area contributed by atoms with Gasteiger partial charge in [0, 0.05) is 18.1 Å². The number of hydrogen-bond donors (Lipinski definition) is 1. The van der Waals surface area contributed by atoms with Crippen molar-refractivity contribution in [3.05, 3.63) is 72.6 Å². The summed E-state index contributed by atoms with van der Waals surface area (Å²) in [4.78, 5) is 21.2. The second kappa shape index (κ2) is 8.32. The zero-order chi connectivity index (χ0) is 19.3. The lowest BCUT2D eigenvalue weighted by Gasteiger charge is -2.10. The molecule has 1 N–H and O–H groups in total. The molecule has 0 aliphatic heterocycles. The van der Waals surface area contributed by atoms with Crippen molar-refractivity contribution in [2.75, 3.05) is 11.1 Å². The van der Waals surface area contributed by atoms with E-state index in [1.807, 2.05) is 18.2 Å². The number of amides is 1. The SMILES string of the molecule is CCS(=O)(=O)c1ccccc1C(=O)Nc1ccnc(Sc2ccccn2)c1. The fourth-order valence-corrected chi connectivity index (χ4v) is 4.20. The molecule has 3 aromatic rings. The van der Waals surface area contributed by atoms with Crippen LogP contribution in [-0.2, 0) is 9.84 Å². The molecule has 8 heteroatoms. The first-order valence-corrected chi connectivity index (χ1v) is 10.6. The van der Waals surface area contributed by atoms with Crippen molar-refractivity contribution >= 4 is 33.2 Å². The van der Waals surface area contributed by atoms with Crippen molar-refractivity contribution in [1.29, 1.82) is 0 Å². The molecule has 3 rings (SSSR count). The Kier molecular flexibility index (Phi) is 5.88. The minimum Gasteiger partial charge on any atom is -0.322 e. The van der Waals surface area contributed by atoms with Gasteiger partial charge in [0.05, 0.1) is 16.2 Å². The topological polar surface area (TPSA) is 89.0 Å². The third kappa shape index (κ3) is 4.72. The summed E-state index contributed by atoms with van der Waals surface area (Å²) in [7, 11) is -3.50. The van der Waals surface area contributed by atoms with E-state index in [1.54, 1.807) is 43.6 Å². The van der Waals surface area contributed by atoms with Gasteiger partial charge in [0.15, 0.2) is 9.84 Å². The van der Waals surface area contributed by atoms with Gasteiger partial charge in [-0.15, -0.1) is 0 Å². The molecule has 0 saturated carbocycles. The minimum atomic E-state index is -3.50. The summed E-state index contributed by atoms with van der Waals surface area (Å²) < 4.78 is 24.5. The van der Waals surface area contributed by atoms with Crippen molar-refractivity contribution in [3.8, 4) is 0 Å². The molecule has 138 valence electrons. The van der Waals surface area contributed by atoms with Crippen LogP contribution in [0.15, 0.2) is 81.9 Å². The predicted molar refractivity (Wildman–Crippen MR) is 105 cm³/mol. The maximum atomic E-state index is 12.7. The Balaban J connectivity index is 1.83. The lowest BCUT2D eigenvalue weighted by atomic mass is 10.2. The Bertz CT molecular complexity index is 1050. The average molecular weight is 399 g/mol. The monoisotopic (exact) mass is 399 g/mol. The summed E-state index contributed by atoms with van der Waals surface area (Å²) in [5, 5.41) is 4.20. The first kappa shape index (κ1) is 19.1. The molecule has 1 aromatic carbocycles. The molecule has 0 spiro atoms. The van der Waals surface area contributed by atoms with E-state index < -0.39 is 15.7 Å². The van der Waals surface area contributed by atoms with Crippen LogP contribution in [-0.4, -0.2) is 30.0 Å². The van der Waals surface area contributed by atoms with Crippen molar-refractivity contribution in [2.45, 2.75) is 21.9 Å². The second-order valence-electron chi connectivity index (χ2n) is 5.51. The Labute approximate surface area is 162 Å². The number of benzene rings is 1. The van der Waals surface area contributed by atoms with Gasteiger partial charge in [-0.05, 0) is 36.4 Å². The first-order valence-electron chi connectivity index (χ1n) is 8.17. The van der Waals surface area contributed by atoms with E-state index in [1.165, 1.54) is 23.9 Å². The van der Waals surface area contributed by atoms with Crippen LogP contribution in [0, 0.1) is 0 Å². The number of nitrogens with zero attached hydrogens (tertiary/aromatic N) is 2. The summed E-state index contributed by atoms with van der Waals surface area (Å²) in [5.41, 5.74) is 0.646. The Morgan fingerprint density at radius 1 is 1.00 bits per heavy atom. The van der Waals surface area contributed by atoms with Gasteiger partial charge in [-0.2, -0.15) is 0 Å². The average Bonchev–Trinajstić information content (AvgIpc) is 2.69. The number of rotatable bonds is 6. The van der Waals surface area contributed by atoms with Gasteiger partial charge in [-0.25, -0.2) is 18.4 Å². The standard InChI is InChI=1S/C19H17N3O3S2/c1-2-27(24,25)16-8-4-3-7-15(16)19(23)22-14-10-12-21-18(13-14)26-17-9-5-6-11-20-17/h3-13H,2H2,1H3,(H,21,22,23). The molecule has 0 aliphatic rings. The summed E-state index contributed by atoms with van der Waals surface area (Å²) in [6.45, 7) is 1.55. The number of anilines is 1. The highest BCUT2D eigenvalue weighted by atomic mass is 32.2. The molecular formula is C19H17N3O3S2. The number of sulfone groups is 1. The fourth-order valence-electron chi connectivity index (χ4n) is 2.34. The van der Waals surface area contributed by atoms with E-state index in [-0.39, 0.29) is 16.2 Å². The highest BCUT2D eigenvalue weighted by Gasteiger charge is 2.20. The molecule has 0 saturated heterocycles. The van der Waals surface area contributed by atoms with Crippen LogP contribution in [0.25, 0.3) is 0 Å². The maximum Gasteiger partial charge on any atom is 0.256 e. The van der Waals surface area contributed by atoms with E-state index in [9.17, 15) is 13.2 Å². The predicted octanol–water partition coefficient (Wildman–Crippen LogP) is 3.67. The van der Waals surface area contributed by atoms with Crippen LogP contribution >= 0.6 is 11.8 Å². The van der Waals surface area contributed by atoms with Crippen molar-refractivity contribution < 1.29 is 13.2 Å². The van der Waals surface area contributed by atoms with E-state index in [0.717, 1.165) is 5.03 Å². The van der Waals surface area contributed by atoms with E-state index in [2.05, 4.69) is 15.3 Å². The number of nitrogens with one attached hydrogen (secondary N) is 1. The van der Waals surface area contributed by atoms with Gasteiger partial charge >= 0.3 is 0 Å². The summed E-state index contributed by atoms with van der Waals surface area (Å²) in [6, 6.07) is 15.1. The van der Waals surface area contributed by atoms with E-state index in [0.29, 0.717) is 10.7 Å². The van der Waals surface area contributed by atoms with Gasteiger partial charge in [0.1, 0.15) is 10.1 Å². The number of carbonyl (C=O) groups excluding carboxylic acids is 1. The van der Waals surface area contributed by atoms with Gasteiger partial charge in [0.2, 0.25) is 0 Å². The molecule has 6 nitrogen and oxygen atoms in total. The quantitative estimate of drug-likeness (QED) is 0.680. The lowest BCUT2D eigenvalue weighted by molar-refractivity contribution is 0.102. The third-order valence-electron chi connectivity index (χ3n) is 3.69. The largest absolute Gasteiger partial charge is 0.322 e. The summed E-state index contributed by atoms with van der Waals surface area (Å²) >= 11 is 1.37. The molecule has 0 aliphatic carbocycles. The van der Waals surface area contributed by atoms with Crippen LogP contribution in [0.5, 0.6) is 0 Å². The minimum absolute atomic E-state index is 0.0298. The van der Waals surface area contributed by atoms with Gasteiger partial charge in [-0.3, -0.25) is 4.79 Å². The van der Waals surface area contributed by atoms with Crippen molar-refractivity contribution in [2.24, 2.45) is 0 Å². The van der Waals surface area contributed by atoms with Crippen LogP contribution < -0.4 is 5.32 Å². The highest BCUT2D eigenvalue weighted by molar-refractivity contribution is 7.99. The molecule has 1 amide bonds. The Hall–Kier alpha value is -2.71. The van der Waals surface area contributed by atoms with Gasteiger partial charge in [-0.1, -0.05) is 36.9 Å². The molecule has 2 aromatic heterocycles. The summed E-state index contributed by atoms with van der Waals surface area (Å²) in [5.74, 6) is -0.556. The van der Waals surface area contributed by atoms with Crippen molar-refractivity contribution in [3.63, 3.8) is 0 Å². The molecule has 27 heavy (non-hydrogen) atoms. The maximum absolute atomic E-state index is 12.7. The van der Waals surface area contributed by atoms with Crippen molar-refractivity contribution in [1.82, 2.24) is 9.97 Å². The zero-order valence-corrected chi connectivity index (χ0v) is 16.1. The number of hydrogen-bond acceptors (Lipinski definition) is 6. The number of carbonyl (C=O) groups is 1. The van der Waals surface area contributed by atoms with Crippen LogP contribution in [0.1, 0.15) is 17.3 Å². The fraction of sp³-hybridized carbons (Fsp3) is 0.105. The molecule has 0 radical (unpaired) electrons. The Morgan fingerprint density at radius 2 is 1.74 bits per heavy atom. The number of pyridine rings is 2. The normalized spacial score (nSPS) is 11.1. The van der Waals surface area contributed by atoms with Crippen LogP contribution in [0.3, 0.4) is 0 Å².